The highest BCUT2D eigenvalue weighted by molar-refractivity contribution is 7.09. The highest BCUT2D eigenvalue weighted by atomic mass is 32.1. The van der Waals surface area contributed by atoms with Crippen molar-refractivity contribution in [1.29, 1.82) is 0 Å². The number of carbonyl (C=O) groups is 1. The van der Waals surface area contributed by atoms with E-state index in [0.29, 0.717) is 5.01 Å². The first kappa shape index (κ1) is 13.4. The molecule has 2 N–H and O–H groups in total. The van der Waals surface area contributed by atoms with Crippen molar-refractivity contribution in [3.05, 3.63) is 45.4 Å². The fraction of sp³-hybridized carbons (Fsp3) is 0.167. The lowest BCUT2D eigenvalue weighted by molar-refractivity contribution is 0.0473. The van der Waals surface area contributed by atoms with Crippen LogP contribution in [0.15, 0.2) is 17.5 Å². The third-order valence-corrected chi connectivity index (χ3v) is 3.25. The number of aromatic nitrogens is 1. The van der Waals surface area contributed by atoms with Crippen LogP contribution in [-0.2, 0) is 11.3 Å². The molecule has 0 spiro atoms. The Morgan fingerprint density at radius 1 is 1.42 bits per heavy atom. The summed E-state index contributed by atoms with van der Waals surface area (Å²) in [5.41, 5.74) is 5.90. The van der Waals surface area contributed by atoms with Crippen molar-refractivity contribution in [2.45, 2.75) is 13.5 Å². The third-order valence-electron chi connectivity index (χ3n) is 2.31. The van der Waals surface area contributed by atoms with Gasteiger partial charge in [-0.05, 0) is 13.0 Å². The van der Waals surface area contributed by atoms with Crippen LogP contribution in [-0.4, -0.2) is 11.0 Å². The molecule has 4 nitrogen and oxygen atoms in total. The van der Waals surface area contributed by atoms with Crippen molar-refractivity contribution in [3.63, 3.8) is 0 Å². The summed E-state index contributed by atoms with van der Waals surface area (Å²) in [5.74, 6) is -3.07. The molecule has 1 aromatic carbocycles. The predicted molar refractivity (Wildman–Crippen MR) is 66.7 cm³/mol. The minimum Gasteiger partial charge on any atom is -0.455 e. The summed E-state index contributed by atoms with van der Waals surface area (Å²) in [4.78, 5) is 15.8. The molecule has 0 atom stereocenters. The van der Waals surface area contributed by atoms with Crippen LogP contribution in [0.25, 0.3) is 0 Å². The molecular weight excluding hydrogens is 274 g/mol. The number of nitrogen functional groups attached to an aromatic ring is 1. The fourth-order valence-corrected chi connectivity index (χ4v) is 2.10. The Hall–Kier alpha value is -2.02. The van der Waals surface area contributed by atoms with Gasteiger partial charge in [0.2, 0.25) is 0 Å². The van der Waals surface area contributed by atoms with Crippen LogP contribution in [0.2, 0.25) is 0 Å². The predicted octanol–water partition coefficient (Wildman–Crippen LogP) is 2.67. The Kier molecular flexibility index (Phi) is 3.75. The Bertz CT molecular complexity index is 628. The molecule has 7 heteroatoms. The molecule has 0 radical (unpaired) electrons. The molecule has 0 aliphatic carbocycles. The summed E-state index contributed by atoms with van der Waals surface area (Å²) < 4.78 is 30.8. The maximum absolute atomic E-state index is 13.0. The third kappa shape index (κ3) is 3.05. The standard InChI is InChI=1S/C12H10F2N2O2S/c1-6-5-19-11(16-6)4-18-12(17)7-2-8(13)9(14)3-10(7)15/h2-3,5H,4,15H2,1H3. The fourth-order valence-electron chi connectivity index (χ4n) is 1.41. The van der Waals surface area contributed by atoms with E-state index < -0.39 is 17.6 Å². The van der Waals surface area contributed by atoms with Gasteiger partial charge in [0.15, 0.2) is 11.6 Å². The molecule has 2 aromatic rings. The van der Waals surface area contributed by atoms with Crippen LogP contribution in [0.1, 0.15) is 21.1 Å². The van der Waals surface area contributed by atoms with Gasteiger partial charge in [-0.1, -0.05) is 0 Å². The number of anilines is 1. The van der Waals surface area contributed by atoms with Gasteiger partial charge < -0.3 is 10.5 Å². The lowest BCUT2D eigenvalue weighted by Crippen LogP contribution is -2.09. The summed E-state index contributed by atoms with van der Waals surface area (Å²) in [6, 6.07) is 1.47. The number of hydrogen-bond acceptors (Lipinski definition) is 5. The zero-order chi connectivity index (χ0) is 14.0. The van der Waals surface area contributed by atoms with Crippen molar-refractivity contribution in [1.82, 2.24) is 4.98 Å². The van der Waals surface area contributed by atoms with Crippen LogP contribution in [0.4, 0.5) is 14.5 Å². The average molecular weight is 284 g/mol. The molecule has 0 unspecified atom stereocenters. The summed E-state index contributed by atoms with van der Waals surface area (Å²) in [7, 11) is 0. The van der Waals surface area contributed by atoms with Crippen molar-refractivity contribution in [2.75, 3.05) is 5.73 Å². The second kappa shape index (κ2) is 5.31. The lowest BCUT2D eigenvalue weighted by Gasteiger charge is -2.06. The number of rotatable bonds is 3. The smallest absolute Gasteiger partial charge is 0.340 e. The van der Waals surface area contributed by atoms with Crippen LogP contribution in [0.3, 0.4) is 0 Å². The van der Waals surface area contributed by atoms with Gasteiger partial charge in [-0.15, -0.1) is 11.3 Å². The molecule has 1 aromatic heterocycles. The van der Waals surface area contributed by atoms with Gasteiger partial charge in [0.1, 0.15) is 11.6 Å². The topological polar surface area (TPSA) is 65.2 Å². The van der Waals surface area contributed by atoms with E-state index in [2.05, 4.69) is 4.98 Å². The van der Waals surface area contributed by atoms with Gasteiger partial charge in [-0.25, -0.2) is 18.6 Å². The van der Waals surface area contributed by atoms with Crippen molar-refractivity contribution < 1.29 is 18.3 Å². The maximum Gasteiger partial charge on any atom is 0.340 e. The van der Waals surface area contributed by atoms with E-state index in [0.717, 1.165) is 17.8 Å². The first-order chi connectivity index (χ1) is 8.97. The zero-order valence-electron chi connectivity index (χ0n) is 9.94. The number of esters is 1. The van der Waals surface area contributed by atoms with E-state index >= 15 is 0 Å². The lowest BCUT2D eigenvalue weighted by atomic mass is 10.1. The highest BCUT2D eigenvalue weighted by Gasteiger charge is 2.16. The highest BCUT2D eigenvalue weighted by Crippen LogP contribution is 2.19. The van der Waals surface area contributed by atoms with Crippen molar-refractivity contribution in [2.24, 2.45) is 0 Å². The summed E-state index contributed by atoms with van der Waals surface area (Å²) in [5, 5.41) is 2.43. The van der Waals surface area contributed by atoms with Crippen molar-refractivity contribution in [3.8, 4) is 0 Å². The summed E-state index contributed by atoms with van der Waals surface area (Å²) in [6.07, 6.45) is 0. The van der Waals surface area contributed by atoms with Gasteiger partial charge in [-0.2, -0.15) is 0 Å². The number of carbonyl (C=O) groups excluding carboxylic acids is 1. The molecule has 0 bridgehead atoms. The molecule has 0 saturated heterocycles. The average Bonchev–Trinajstić information content (AvgIpc) is 2.77. The monoisotopic (exact) mass is 284 g/mol. The van der Waals surface area contributed by atoms with E-state index in [9.17, 15) is 13.6 Å². The normalized spacial score (nSPS) is 10.5. The number of nitrogens with two attached hydrogens (primary N) is 1. The number of hydrogen-bond donors (Lipinski definition) is 1. The second-order valence-electron chi connectivity index (χ2n) is 3.81. The quantitative estimate of drug-likeness (QED) is 0.695. The van der Waals surface area contributed by atoms with Crippen LogP contribution >= 0.6 is 11.3 Å². The number of aryl methyl sites for hydroxylation is 1. The molecule has 100 valence electrons. The summed E-state index contributed by atoms with van der Waals surface area (Å²) in [6.45, 7) is 1.78. The van der Waals surface area contributed by atoms with Gasteiger partial charge in [0.25, 0.3) is 0 Å². The molecule has 0 saturated carbocycles. The molecule has 2 rings (SSSR count). The minimum atomic E-state index is -1.15. The molecule has 1 heterocycles. The molecule has 0 aliphatic rings. The Labute approximate surface area is 111 Å². The summed E-state index contributed by atoms with van der Waals surface area (Å²) >= 11 is 1.34. The Morgan fingerprint density at radius 2 is 2.11 bits per heavy atom. The van der Waals surface area contributed by atoms with E-state index in [-0.39, 0.29) is 17.9 Å². The van der Waals surface area contributed by atoms with E-state index in [1.165, 1.54) is 11.3 Å². The molecule has 0 fully saturated rings. The first-order valence-electron chi connectivity index (χ1n) is 5.30. The minimum absolute atomic E-state index is 0.0320. The van der Waals surface area contributed by atoms with Gasteiger partial charge >= 0.3 is 5.97 Å². The molecular formula is C12H10F2N2O2S. The number of benzene rings is 1. The van der Waals surface area contributed by atoms with Crippen molar-refractivity contribution >= 4 is 23.0 Å². The van der Waals surface area contributed by atoms with Gasteiger partial charge in [-0.3, -0.25) is 0 Å². The molecule has 0 amide bonds. The maximum atomic E-state index is 13.0. The SMILES string of the molecule is Cc1csc(COC(=O)c2cc(F)c(F)cc2N)n1. The van der Waals surface area contributed by atoms with Gasteiger partial charge in [0, 0.05) is 22.8 Å². The van der Waals surface area contributed by atoms with Crippen LogP contribution in [0.5, 0.6) is 0 Å². The second-order valence-corrected chi connectivity index (χ2v) is 4.75. The molecule has 19 heavy (non-hydrogen) atoms. The van der Waals surface area contributed by atoms with E-state index in [1.54, 1.807) is 0 Å². The number of thiazole rings is 1. The van der Waals surface area contributed by atoms with E-state index in [1.807, 2.05) is 12.3 Å². The van der Waals surface area contributed by atoms with Crippen LogP contribution in [0, 0.1) is 18.6 Å². The molecule has 0 aliphatic heterocycles. The Balaban J connectivity index is 2.10. The number of ether oxygens (including phenoxy) is 1. The number of halogens is 2. The largest absolute Gasteiger partial charge is 0.455 e. The zero-order valence-corrected chi connectivity index (χ0v) is 10.8. The van der Waals surface area contributed by atoms with Crippen LogP contribution < -0.4 is 5.73 Å². The Morgan fingerprint density at radius 3 is 2.74 bits per heavy atom. The van der Waals surface area contributed by atoms with E-state index in [4.69, 9.17) is 10.5 Å². The van der Waals surface area contributed by atoms with Gasteiger partial charge in [0.05, 0.1) is 5.56 Å². The number of nitrogens with zero attached hydrogens (tertiary/aromatic N) is 1. The first-order valence-corrected chi connectivity index (χ1v) is 6.18.